The topological polar surface area (TPSA) is 88.4 Å². The number of aromatic nitrogens is 1. The van der Waals surface area contributed by atoms with Crippen LogP contribution < -0.4 is 16.0 Å². The largest absolute Gasteiger partial charge is 0.439 e. The van der Waals surface area contributed by atoms with Gasteiger partial charge in [0, 0.05) is 18.8 Å². The summed E-state index contributed by atoms with van der Waals surface area (Å²) in [6, 6.07) is 1.57. The number of urea groups is 1. The van der Waals surface area contributed by atoms with Crippen molar-refractivity contribution >= 4 is 34.4 Å². The summed E-state index contributed by atoms with van der Waals surface area (Å²) in [6.07, 6.45) is 7.68. The third kappa shape index (κ3) is 3.71. The van der Waals surface area contributed by atoms with Gasteiger partial charge in [-0.05, 0) is 38.8 Å². The van der Waals surface area contributed by atoms with Crippen LogP contribution in [-0.4, -0.2) is 31.3 Å². The van der Waals surface area contributed by atoms with Crippen LogP contribution in [0.4, 0.5) is 10.5 Å². The molecule has 2 amide bonds. The summed E-state index contributed by atoms with van der Waals surface area (Å²) < 4.78 is 10.9. The van der Waals surface area contributed by atoms with E-state index in [1.54, 1.807) is 6.07 Å². The highest BCUT2D eigenvalue weighted by atomic mass is 35.5. The quantitative estimate of drug-likeness (QED) is 0.692. The fraction of sp³-hybridized carbons (Fsp3) is 0.600. The maximum absolute atomic E-state index is 12.2. The molecule has 0 radical (unpaired) electrons. The number of amides is 2. The summed E-state index contributed by atoms with van der Waals surface area (Å²) in [5.74, 6) is 0.620. The maximum atomic E-state index is 12.2. The van der Waals surface area contributed by atoms with Crippen molar-refractivity contribution in [2.45, 2.75) is 57.0 Å². The minimum Gasteiger partial charge on any atom is -0.439 e. The number of halogens is 1. The van der Waals surface area contributed by atoms with Crippen LogP contribution in [0.1, 0.15) is 56.4 Å². The number of rotatable bonds is 2. The van der Waals surface area contributed by atoms with Crippen molar-refractivity contribution < 1.29 is 13.9 Å². The van der Waals surface area contributed by atoms with E-state index in [1.807, 2.05) is 7.05 Å². The molecule has 1 aromatic heterocycles. The molecule has 0 atom stereocenters. The van der Waals surface area contributed by atoms with Crippen molar-refractivity contribution in [1.29, 1.82) is 0 Å². The highest BCUT2D eigenvalue weighted by molar-refractivity contribution is 6.35. The molecule has 3 aliphatic rings. The lowest BCUT2D eigenvalue weighted by molar-refractivity contribution is 0.198. The number of ether oxygens (including phenoxy) is 1. The van der Waals surface area contributed by atoms with Crippen molar-refractivity contribution in [2.75, 3.05) is 25.6 Å². The zero-order valence-corrected chi connectivity index (χ0v) is 17.0. The summed E-state index contributed by atoms with van der Waals surface area (Å²) in [6.45, 7) is 2.55. The van der Waals surface area contributed by atoms with Gasteiger partial charge < -0.3 is 25.1 Å². The second-order valence-corrected chi connectivity index (χ2v) is 8.04. The monoisotopic (exact) mass is 406 g/mol. The Balaban J connectivity index is 0.000000336. The average Bonchev–Trinajstić information content (AvgIpc) is 3.36. The number of hydrogen-bond acceptors (Lipinski definition) is 5. The van der Waals surface area contributed by atoms with Crippen molar-refractivity contribution in [2.24, 2.45) is 0 Å². The summed E-state index contributed by atoms with van der Waals surface area (Å²) in [5, 5.41) is 9.54. The normalized spacial score (nSPS) is 20.3. The molecule has 1 saturated carbocycles. The molecule has 5 rings (SSSR count). The van der Waals surface area contributed by atoms with Crippen LogP contribution in [-0.2, 0) is 16.8 Å². The molecule has 1 saturated heterocycles. The summed E-state index contributed by atoms with van der Waals surface area (Å²) in [7, 11) is 1.85. The van der Waals surface area contributed by atoms with E-state index >= 15 is 0 Å². The minimum absolute atomic E-state index is 0.199. The zero-order chi connectivity index (χ0) is 19.6. The van der Waals surface area contributed by atoms with E-state index < -0.39 is 5.54 Å². The van der Waals surface area contributed by atoms with Crippen molar-refractivity contribution in [3.05, 3.63) is 22.5 Å². The zero-order valence-electron chi connectivity index (χ0n) is 16.2. The Morgan fingerprint density at radius 1 is 1.21 bits per heavy atom. The maximum Gasteiger partial charge on any atom is 0.319 e. The Hall–Kier alpha value is -1.83. The molecule has 152 valence electrons. The lowest BCUT2D eigenvalue weighted by Gasteiger charge is -2.42. The Morgan fingerprint density at radius 2 is 1.96 bits per heavy atom. The van der Waals surface area contributed by atoms with Gasteiger partial charge in [-0.2, -0.15) is 0 Å². The van der Waals surface area contributed by atoms with Crippen molar-refractivity contribution in [1.82, 2.24) is 15.6 Å². The molecule has 1 aromatic carbocycles. The van der Waals surface area contributed by atoms with Crippen LogP contribution in [0, 0.1) is 0 Å². The molecule has 2 aromatic rings. The predicted molar refractivity (Wildman–Crippen MR) is 109 cm³/mol. The molecule has 1 aliphatic carbocycles. The number of benzene rings is 1. The number of nitrogens with one attached hydrogen (secondary N) is 3. The molecule has 3 N–H and O–H groups in total. The van der Waals surface area contributed by atoms with Crippen molar-refractivity contribution in [3.8, 4) is 0 Å². The molecule has 7 nitrogen and oxygen atoms in total. The van der Waals surface area contributed by atoms with Crippen LogP contribution in [0.5, 0.6) is 0 Å². The Bertz CT molecular complexity index is 849. The second kappa shape index (κ2) is 8.27. The lowest BCUT2D eigenvalue weighted by Crippen LogP contribution is -2.52. The van der Waals surface area contributed by atoms with Crippen LogP contribution in [0.25, 0.3) is 11.1 Å². The third-order valence-electron chi connectivity index (χ3n) is 5.61. The SMILES string of the molecule is C1CCOC1.CNCc1nc2cc(Cl)c3c(c2o1)C1(CCCCC1)NC(=O)N3. The fourth-order valence-corrected chi connectivity index (χ4v) is 4.60. The first-order valence-electron chi connectivity index (χ1n) is 10.1. The lowest BCUT2D eigenvalue weighted by atomic mass is 9.74. The van der Waals surface area contributed by atoms with E-state index in [0.717, 1.165) is 55.6 Å². The van der Waals surface area contributed by atoms with Crippen molar-refractivity contribution in [3.63, 3.8) is 0 Å². The molecule has 1 spiro atoms. The van der Waals surface area contributed by atoms with Crippen LogP contribution in [0.15, 0.2) is 10.5 Å². The Labute approximate surface area is 169 Å². The van der Waals surface area contributed by atoms with Gasteiger partial charge in [-0.1, -0.05) is 30.9 Å². The van der Waals surface area contributed by atoms with Gasteiger partial charge in [0.25, 0.3) is 0 Å². The summed E-state index contributed by atoms with van der Waals surface area (Å²) in [5.41, 5.74) is 2.67. The molecular weight excluding hydrogens is 380 g/mol. The highest BCUT2D eigenvalue weighted by Gasteiger charge is 2.43. The van der Waals surface area contributed by atoms with Gasteiger partial charge in [-0.25, -0.2) is 9.78 Å². The van der Waals surface area contributed by atoms with Crippen LogP contribution in [0.2, 0.25) is 5.02 Å². The van der Waals surface area contributed by atoms with E-state index in [2.05, 4.69) is 20.9 Å². The van der Waals surface area contributed by atoms with Gasteiger partial charge >= 0.3 is 6.03 Å². The summed E-state index contributed by atoms with van der Waals surface area (Å²) in [4.78, 5) is 16.7. The molecule has 0 bridgehead atoms. The molecule has 28 heavy (non-hydrogen) atoms. The standard InChI is InChI=1S/C16H19ClN4O2.C4H8O/c1-18-8-11-19-10-7-9(17)13-12(14(10)23-11)16(21-15(22)20-13)5-3-2-4-6-16;1-2-4-5-3-1/h7,18H,2-6,8H2,1H3,(H2,20,21,22);1-4H2. The first-order valence-corrected chi connectivity index (χ1v) is 10.4. The molecule has 3 heterocycles. The number of hydrogen-bond donors (Lipinski definition) is 3. The van der Waals surface area contributed by atoms with E-state index in [-0.39, 0.29) is 6.03 Å². The Kier molecular flexibility index (Phi) is 5.75. The van der Waals surface area contributed by atoms with Gasteiger partial charge in [0.1, 0.15) is 5.52 Å². The van der Waals surface area contributed by atoms with Gasteiger partial charge in [0.05, 0.1) is 22.8 Å². The average molecular weight is 407 g/mol. The van der Waals surface area contributed by atoms with Gasteiger partial charge in [0.15, 0.2) is 5.58 Å². The molecule has 2 fully saturated rings. The number of anilines is 1. The first-order chi connectivity index (χ1) is 13.6. The molecule has 8 heteroatoms. The Morgan fingerprint density at radius 3 is 2.61 bits per heavy atom. The van der Waals surface area contributed by atoms with E-state index in [1.165, 1.54) is 19.3 Å². The van der Waals surface area contributed by atoms with Crippen LogP contribution in [0.3, 0.4) is 0 Å². The molecule has 2 aliphatic heterocycles. The van der Waals surface area contributed by atoms with Gasteiger partial charge in [-0.3, -0.25) is 0 Å². The fourth-order valence-electron chi connectivity index (χ4n) is 4.35. The van der Waals surface area contributed by atoms with Crippen LogP contribution >= 0.6 is 11.6 Å². The van der Waals surface area contributed by atoms with E-state index in [0.29, 0.717) is 23.1 Å². The van der Waals surface area contributed by atoms with Gasteiger partial charge in [0.2, 0.25) is 5.89 Å². The number of fused-ring (bicyclic) bond motifs is 4. The van der Waals surface area contributed by atoms with Gasteiger partial charge in [-0.15, -0.1) is 0 Å². The second-order valence-electron chi connectivity index (χ2n) is 7.64. The molecule has 0 unspecified atom stereocenters. The third-order valence-corrected chi connectivity index (χ3v) is 5.91. The predicted octanol–water partition coefficient (Wildman–Crippen LogP) is 4.29. The molecular formula is C20H27ClN4O3. The number of carbonyl (C=O) groups excluding carboxylic acids is 1. The number of carbonyl (C=O) groups is 1. The smallest absolute Gasteiger partial charge is 0.319 e. The first kappa shape index (κ1) is 19.5. The summed E-state index contributed by atoms with van der Waals surface area (Å²) >= 11 is 6.44. The number of nitrogens with zero attached hydrogens (tertiary/aromatic N) is 1. The number of oxazole rings is 1. The minimum atomic E-state index is -0.407. The van der Waals surface area contributed by atoms with E-state index in [4.69, 9.17) is 20.8 Å². The van der Waals surface area contributed by atoms with E-state index in [9.17, 15) is 4.79 Å². The highest BCUT2D eigenvalue weighted by Crippen LogP contribution is 2.48.